The van der Waals surface area contributed by atoms with Gasteiger partial charge in [0.25, 0.3) is 0 Å². The Labute approximate surface area is 125 Å². The third kappa shape index (κ3) is 3.52. The molecule has 0 aromatic carbocycles. The zero-order chi connectivity index (χ0) is 14.5. The van der Waals surface area contributed by atoms with Crippen LogP contribution in [0.25, 0.3) is 5.70 Å². The number of halogens is 1. The van der Waals surface area contributed by atoms with Crippen LogP contribution in [0.1, 0.15) is 10.6 Å². The molecule has 0 bridgehead atoms. The number of aliphatic imine (C=N–C) groups is 1. The van der Waals surface area contributed by atoms with Crippen LogP contribution in [-0.4, -0.2) is 28.2 Å². The second-order valence-corrected chi connectivity index (χ2v) is 5.26. The molecule has 0 aliphatic rings. The van der Waals surface area contributed by atoms with Gasteiger partial charge >= 0.3 is 0 Å². The molecular weight excluding hydrogens is 296 g/mol. The third-order valence-corrected chi connectivity index (χ3v) is 3.44. The van der Waals surface area contributed by atoms with Crippen molar-refractivity contribution >= 4 is 40.8 Å². The molecule has 0 fully saturated rings. The number of thiazole rings is 1. The van der Waals surface area contributed by atoms with Crippen molar-refractivity contribution < 1.29 is 0 Å². The van der Waals surface area contributed by atoms with E-state index < -0.39 is 0 Å². The van der Waals surface area contributed by atoms with Gasteiger partial charge in [0.15, 0.2) is 0 Å². The van der Waals surface area contributed by atoms with Crippen LogP contribution in [0.15, 0.2) is 28.3 Å². The molecule has 0 saturated carbocycles. The number of anilines is 1. The van der Waals surface area contributed by atoms with Gasteiger partial charge in [0.05, 0.1) is 16.9 Å². The number of allylic oxidation sites excluding steroid dienone is 1. The monoisotopic (exact) mass is 308 g/mol. The summed E-state index contributed by atoms with van der Waals surface area (Å²) in [5, 5.41) is 0.251. The molecule has 0 aliphatic heterocycles. The van der Waals surface area contributed by atoms with Crippen molar-refractivity contribution in [2.45, 2.75) is 6.42 Å². The topological polar surface area (TPSA) is 103 Å². The number of hydrogen-bond donors (Lipinski definition) is 2. The van der Waals surface area contributed by atoms with E-state index in [1.165, 1.54) is 0 Å². The van der Waals surface area contributed by atoms with Crippen molar-refractivity contribution in [2.75, 3.05) is 12.8 Å². The predicted octanol–water partition coefficient (Wildman–Crippen LogP) is 1.78. The fraction of sp³-hybridized carbons (Fsp3) is 0.167. The molecule has 0 aliphatic carbocycles. The van der Waals surface area contributed by atoms with E-state index in [9.17, 15) is 0 Å². The summed E-state index contributed by atoms with van der Waals surface area (Å²) in [7, 11) is 1.68. The Bertz CT molecular complexity index is 630. The van der Waals surface area contributed by atoms with Crippen LogP contribution < -0.4 is 11.5 Å². The summed E-state index contributed by atoms with van der Waals surface area (Å²) in [5.74, 6) is 0.0843. The molecule has 104 valence electrons. The first-order chi connectivity index (χ1) is 9.60. The molecule has 2 heterocycles. The van der Waals surface area contributed by atoms with Gasteiger partial charge in [0, 0.05) is 42.4 Å². The van der Waals surface area contributed by atoms with Crippen molar-refractivity contribution in [3.05, 3.63) is 39.1 Å². The smallest absolute Gasteiger partial charge is 0.222 e. The van der Waals surface area contributed by atoms with Gasteiger partial charge < -0.3 is 11.5 Å². The van der Waals surface area contributed by atoms with Crippen molar-refractivity contribution in [3.8, 4) is 0 Å². The van der Waals surface area contributed by atoms with Gasteiger partial charge in [-0.25, -0.2) is 9.97 Å². The highest BCUT2D eigenvalue weighted by Gasteiger charge is 2.10. The van der Waals surface area contributed by atoms with Gasteiger partial charge in [0.1, 0.15) is 5.15 Å². The molecule has 6 nitrogen and oxygen atoms in total. The van der Waals surface area contributed by atoms with Crippen LogP contribution >= 0.6 is 22.9 Å². The van der Waals surface area contributed by atoms with Crippen molar-refractivity contribution in [2.24, 2.45) is 10.7 Å². The normalized spacial score (nSPS) is 12.7. The number of aromatic nitrogens is 3. The Balaban J connectivity index is 2.42. The molecule has 20 heavy (non-hydrogen) atoms. The summed E-state index contributed by atoms with van der Waals surface area (Å²) < 4.78 is 0. The maximum atomic E-state index is 6.15. The van der Waals surface area contributed by atoms with E-state index in [0.29, 0.717) is 17.8 Å². The fourth-order valence-electron chi connectivity index (χ4n) is 1.62. The molecule has 0 amide bonds. The molecule has 2 aromatic heterocycles. The minimum absolute atomic E-state index is 0.0843. The minimum Gasteiger partial charge on any atom is -0.397 e. The average molecular weight is 309 g/mol. The van der Waals surface area contributed by atoms with E-state index in [1.807, 2.05) is 0 Å². The van der Waals surface area contributed by atoms with Gasteiger partial charge in [-0.15, -0.1) is 11.3 Å². The Morgan fingerprint density at radius 3 is 2.90 bits per heavy atom. The largest absolute Gasteiger partial charge is 0.397 e. The zero-order valence-corrected chi connectivity index (χ0v) is 12.3. The summed E-state index contributed by atoms with van der Waals surface area (Å²) in [6.45, 7) is 0. The fourth-order valence-corrected chi connectivity index (χ4v) is 2.43. The Hall–Kier alpha value is -1.99. The number of nitrogen functional groups attached to an aromatic ring is 1. The highest BCUT2D eigenvalue weighted by molar-refractivity contribution is 7.09. The van der Waals surface area contributed by atoms with Crippen LogP contribution in [0.3, 0.4) is 0 Å². The second-order valence-electron chi connectivity index (χ2n) is 3.90. The number of nitrogens with zero attached hydrogens (tertiary/aromatic N) is 4. The van der Waals surface area contributed by atoms with Gasteiger partial charge in [-0.05, 0) is 0 Å². The quantitative estimate of drug-likeness (QED) is 0.662. The van der Waals surface area contributed by atoms with Gasteiger partial charge in [0.2, 0.25) is 5.95 Å². The second kappa shape index (κ2) is 6.44. The summed E-state index contributed by atoms with van der Waals surface area (Å²) in [5.41, 5.74) is 15.3. The molecule has 0 saturated heterocycles. The molecule has 8 heteroatoms. The zero-order valence-electron chi connectivity index (χ0n) is 10.7. The Morgan fingerprint density at radius 1 is 1.50 bits per heavy atom. The maximum absolute atomic E-state index is 6.15. The van der Waals surface area contributed by atoms with Crippen LogP contribution in [0.2, 0.25) is 5.15 Å². The van der Waals surface area contributed by atoms with Crippen LogP contribution in [-0.2, 0) is 6.42 Å². The van der Waals surface area contributed by atoms with Crippen LogP contribution in [0.5, 0.6) is 0 Å². The molecular formula is C12H13ClN6S. The number of rotatable bonds is 4. The highest BCUT2D eigenvalue weighted by Crippen LogP contribution is 2.19. The summed E-state index contributed by atoms with van der Waals surface area (Å²) in [6, 6.07) is 1.57. The maximum Gasteiger partial charge on any atom is 0.222 e. The summed E-state index contributed by atoms with van der Waals surface area (Å²) in [6.07, 6.45) is 4.11. The van der Waals surface area contributed by atoms with Gasteiger partial charge in [-0.3, -0.25) is 9.98 Å². The van der Waals surface area contributed by atoms with E-state index in [-0.39, 0.29) is 11.1 Å². The van der Waals surface area contributed by atoms with E-state index in [2.05, 4.69) is 19.9 Å². The minimum atomic E-state index is 0.0843. The predicted molar refractivity (Wildman–Crippen MR) is 82.8 cm³/mol. The van der Waals surface area contributed by atoms with E-state index in [4.69, 9.17) is 23.1 Å². The average Bonchev–Trinajstić information content (AvgIpc) is 2.89. The van der Waals surface area contributed by atoms with Crippen LogP contribution in [0.4, 0.5) is 5.95 Å². The standard InChI is InChI=1S/C12H13ClN6S/c1-16-4-7(2-8-5-17-6-20-8)11(14)9-3-10(13)19-12(15)18-9/h3-6H,2,14H2,1H3,(H2,15,18,19)/b11-7-,16-4?. The lowest BCUT2D eigenvalue weighted by Gasteiger charge is -2.07. The first-order valence-corrected chi connectivity index (χ1v) is 6.94. The van der Waals surface area contributed by atoms with Crippen molar-refractivity contribution in [1.29, 1.82) is 0 Å². The van der Waals surface area contributed by atoms with Crippen molar-refractivity contribution in [1.82, 2.24) is 15.0 Å². The molecule has 0 radical (unpaired) electrons. The summed E-state index contributed by atoms with van der Waals surface area (Å²) >= 11 is 7.42. The van der Waals surface area contributed by atoms with Gasteiger partial charge in [-0.2, -0.15) is 0 Å². The molecule has 2 aromatic rings. The summed E-state index contributed by atoms with van der Waals surface area (Å²) in [4.78, 5) is 17.0. The van der Waals surface area contributed by atoms with E-state index in [0.717, 1.165) is 10.5 Å². The lowest BCUT2D eigenvalue weighted by Crippen LogP contribution is -2.09. The highest BCUT2D eigenvalue weighted by atomic mass is 35.5. The first kappa shape index (κ1) is 14.4. The Morgan fingerprint density at radius 2 is 2.30 bits per heavy atom. The SMILES string of the molecule is CN=C/C(Cc1cncs1)=C(\N)c1cc(Cl)nc(N)n1. The number of nitrogens with two attached hydrogens (primary N) is 2. The van der Waals surface area contributed by atoms with Gasteiger partial charge in [-0.1, -0.05) is 11.6 Å². The third-order valence-electron chi connectivity index (χ3n) is 2.47. The van der Waals surface area contributed by atoms with Crippen molar-refractivity contribution in [3.63, 3.8) is 0 Å². The van der Waals surface area contributed by atoms with E-state index >= 15 is 0 Å². The Kier molecular flexibility index (Phi) is 4.65. The molecule has 0 spiro atoms. The lowest BCUT2D eigenvalue weighted by molar-refractivity contribution is 1.14. The molecule has 0 atom stereocenters. The lowest BCUT2D eigenvalue weighted by atomic mass is 10.1. The number of hydrogen-bond acceptors (Lipinski definition) is 7. The molecule has 0 unspecified atom stereocenters. The first-order valence-electron chi connectivity index (χ1n) is 5.68. The molecule has 4 N–H and O–H groups in total. The van der Waals surface area contributed by atoms with E-state index in [1.54, 1.807) is 42.4 Å². The van der Waals surface area contributed by atoms with Crippen LogP contribution in [0, 0.1) is 0 Å². The molecule has 2 rings (SSSR count).